The molecule has 1 saturated heterocycles. The van der Waals surface area contributed by atoms with Crippen LogP contribution in [-0.2, 0) is 19.9 Å². The van der Waals surface area contributed by atoms with E-state index in [0.717, 1.165) is 21.6 Å². The number of amides is 3. The zero-order valence-corrected chi connectivity index (χ0v) is 17.4. The average Bonchev–Trinajstić information content (AvgIpc) is 2.92. The minimum Gasteiger partial charge on any atom is -0.456 e. The molecule has 3 rings (SSSR count). The molecule has 1 heterocycles. The second kappa shape index (κ2) is 8.10. The fraction of sp³-hybridized carbons (Fsp3) is 0.304. The molecular weight excluding hydrogens is 384 g/mol. The number of nitrogens with zero attached hydrogens (tertiary/aromatic N) is 1. The molecule has 156 valence electrons. The van der Waals surface area contributed by atoms with E-state index in [2.05, 4.69) is 5.32 Å². The van der Waals surface area contributed by atoms with Gasteiger partial charge in [-0.25, -0.2) is 4.79 Å². The van der Waals surface area contributed by atoms with Gasteiger partial charge >= 0.3 is 12.0 Å². The SMILES string of the molecule is Cc1ccc([C@]2(C)NC(=O)N(CC(=O)OCC(=O)c3cc(C)ccc3C)C2=O)cc1. The maximum absolute atomic E-state index is 12.9. The third-order valence-electron chi connectivity index (χ3n) is 5.25. The van der Waals surface area contributed by atoms with Gasteiger partial charge in [0.05, 0.1) is 0 Å². The van der Waals surface area contributed by atoms with E-state index < -0.39 is 36.6 Å². The summed E-state index contributed by atoms with van der Waals surface area (Å²) < 4.78 is 5.04. The Balaban J connectivity index is 1.64. The Morgan fingerprint density at radius 3 is 2.30 bits per heavy atom. The highest BCUT2D eigenvalue weighted by atomic mass is 16.5. The smallest absolute Gasteiger partial charge is 0.326 e. The van der Waals surface area contributed by atoms with Crippen LogP contribution in [0, 0.1) is 20.8 Å². The number of hydrogen-bond donors (Lipinski definition) is 1. The molecule has 1 aliphatic heterocycles. The molecule has 0 aliphatic carbocycles. The number of benzene rings is 2. The Labute approximate surface area is 175 Å². The minimum absolute atomic E-state index is 0.341. The van der Waals surface area contributed by atoms with Gasteiger partial charge < -0.3 is 10.1 Å². The highest BCUT2D eigenvalue weighted by Crippen LogP contribution is 2.28. The molecule has 0 spiro atoms. The first-order chi connectivity index (χ1) is 14.1. The summed E-state index contributed by atoms with van der Waals surface area (Å²) in [5.74, 6) is -1.72. The fourth-order valence-electron chi connectivity index (χ4n) is 3.36. The number of ether oxygens (including phenoxy) is 1. The van der Waals surface area contributed by atoms with Gasteiger partial charge in [-0.1, -0.05) is 47.5 Å². The molecule has 7 nitrogen and oxygen atoms in total. The van der Waals surface area contributed by atoms with Crippen molar-refractivity contribution in [1.82, 2.24) is 10.2 Å². The molecule has 30 heavy (non-hydrogen) atoms. The van der Waals surface area contributed by atoms with Crippen LogP contribution in [0.15, 0.2) is 42.5 Å². The highest BCUT2D eigenvalue weighted by molar-refractivity contribution is 6.09. The standard InChI is InChI=1S/C23H24N2O5/c1-14-6-9-17(10-7-14)23(4)21(28)25(22(29)24-23)12-20(27)30-13-19(26)18-11-15(2)5-8-16(18)3/h5-11H,12-13H2,1-4H3,(H,24,29)/t23-/m0/s1. The van der Waals surface area contributed by atoms with E-state index in [1.807, 2.05) is 38.1 Å². The molecule has 0 saturated carbocycles. The number of Topliss-reactive ketones (excluding diaryl/α,β-unsaturated/α-hetero) is 1. The van der Waals surface area contributed by atoms with E-state index in [-0.39, 0.29) is 5.78 Å². The number of esters is 1. The van der Waals surface area contributed by atoms with Gasteiger partial charge in [-0.05, 0) is 44.9 Å². The molecule has 1 atom stereocenters. The topological polar surface area (TPSA) is 92.8 Å². The van der Waals surface area contributed by atoms with Crippen LogP contribution in [0.1, 0.15) is 39.5 Å². The Morgan fingerprint density at radius 1 is 1.00 bits per heavy atom. The van der Waals surface area contributed by atoms with Crippen molar-refractivity contribution in [3.05, 3.63) is 70.3 Å². The van der Waals surface area contributed by atoms with Crippen LogP contribution < -0.4 is 5.32 Å². The van der Waals surface area contributed by atoms with Crippen molar-refractivity contribution < 1.29 is 23.9 Å². The van der Waals surface area contributed by atoms with Gasteiger partial charge in [0.2, 0.25) is 5.78 Å². The summed E-state index contributed by atoms with van der Waals surface area (Å²) in [7, 11) is 0. The van der Waals surface area contributed by atoms with E-state index in [9.17, 15) is 19.2 Å². The first-order valence-electron chi connectivity index (χ1n) is 9.59. The van der Waals surface area contributed by atoms with Gasteiger partial charge in [0.1, 0.15) is 12.1 Å². The number of rotatable bonds is 6. The molecule has 3 amide bonds. The van der Waals surface area contributed by atoms with Crippen LogP contribution in [0.5, 0.6) is 0 Å². The lowest BCUT2D eigenvalue weighted by atomic mass is 9.91. The molecule has 1 aliphatic rings. The van der Waals surface area contributed by atoms with Crippen LogP contribution >= 0.6 is 0 Å². The highest BCUT2D eigenvalue weighted by Gasteiger charge is 2.49. The lowest BCUT2D eigenvalue weighted by Crippen LogP contribution is -2.41. The zero-order valence-electron chi connectivity index (χ0n) is 17.4. The summed E-state index contributed by atoms with van der Waals surface area (Å²) in [6.07, 6.45) is 0. The largest absolute Gasteiger partial charge is 0.456 e. The Hall–Kier alpha value is -3.48. The molecule has 1 fully saturated rings. The summed E-state index contributed by atoms with van der Waals surface area (Å²) in [5.41, 5.74) is 2.55. The normalized spacial score (nSPS) is 18.3. The molecule has 0 unspecified atom stereocenters. The van der Waals surface area contributed by atoms with E-state index in [0.29, 0.717) is 11.1 Å². The summed E-state index contributed by atoms with van der Waals surface area (Å²) in [6, 6.07) is 12.0. The van der Waals surface area contributed by atoms with Gasteiger partial charge in [0.15, 0.2) is 6.61 Å². The van der Waals surface area contributed by atoms with E-state index in [1.54, 1.807) is 32.0 Å². The molecule has 2 aromatic rings. The molecule has 2 aromatic carbocycles. The van der Waals surface area contributed by atoms with Gasteiger partial charge in [-0.15, -0.1) is 0 Å². The van der Waals surface area contributed by atoms with Crippen molar-refractivity contribution in [2.45, 2.75) is 33.2 Å². The van der Waals surface area contributed by atoms with E-state index in [4.69, 9.17) is 4.74 Å². The van der Waals surface area contributed by atoms with Crippen LogP contribution in [0.2, 0.25) is 0 Å². The quantitative estimate of drug-likeness (QED) is 0.451. The third-order valence-corrected chi connectivity index (χ3v) is 5.25. The lowest BCUT2D eigenvalue weighted by molar-refractivity contribution is -0.146. The maximum Gasteiger partial charge on any atom is 0.326 e. The number of nitrogens with one attached hydrogen (secondary N) is 1. The number of hydrogen-bond acceptors (Lipinski definition) is 5. The number of carbonyl (C=O) groups is 4. The monoisotopic (exact) mass is 408 g/mol. The zero-order chi connectivity index (χ0) is 22.1. The van der Waals surface area contributed by atoms with Gasteiger partial charge in [-0.2, -0.15) is 0 Å². The van der Waals surface area contributed by atoms with Crippen molar-refractivity contribution in [3.8, 4) is 0 Å². The van der Waals surface area contributed by atoms with Gasteiger partial charge in [-0.3, -0.25) is 19.3 Å². The van der Waals surface area contributed by atoms with Crippen molar-refractivity contribution in [1.29, 1.82) is 0 Å². The number of ketones is 1. The van der Waals surface area contributed by atoms with E-state index >= 15 is 0 Å². The summed E-state index contributed by atoms with van der Waals surface area (Å²) in [4.78, 5) is 50.6. The predicted octanol–water partition coefficient (Wildman–Crippen LogP) is 2.80. The Morgan fingerprint density at radius 2 is 1.63 bits per heavy atom. The van der Waals surface area contributed by atoms with Gasteiger partial charge in [0.25, 0.3) is 5.91 Å². The van der Waals surface area contributed by atoms with Crippen molar-refractivity contribution in [2.24, 2.45) is 0 Å². The number of aryl methyl sites for hydroxylation is 3. The van der Waals surface area contributed by atoms with Crippen LogP contribution in [0.4, 0.5) is 4.79 Å². The molecule has 7 heteroatoms. The summed E-state index contributed by atoms with van der Waals surface area (Å²) in [6.45, 7) is 6.16. The second-order valence-electron chi connectivity index (χ2n) is 7.71. The number of urea groups is 1. The summed E-state index contributed by atoms with van der Waals surface area (Å²) >= 11 is 0. The molecule has 0 bridgehead atoms. The Kier molecular flexibility index (Phi) is 5.73. The second-order valence-corrected chi connectivity index (χ2v) is 7.71. The first kappa shape index (κ1) is 21.2. The van der Waals surface area contributed by atoms with Crippen molar-refractivity contribution in [3.63, 3.8) is 0 Å². The average molecular weight is 408 g/mol. The van der Waals surface area contributed by atoms with Crippen molar-refractivity contribution in [2.75, 3.05) is 13.2 Å². The van der Waals surface area contributed by atoms with Crippen LogP contribution in [-0.4, -0.2) is 41.7 Å². The molecule has 0 aromatic heterocycles. The minimum atomic E-state index is -1.26. The molecule has 1 N–H and O–H groups in total. The van der Waals surface area contributed by atoms with Gasteiger partial charge in [0, 0.05) is 5.56 Å². The molecule has 0 radical (unpaired) electrons. The fourth-order valence-corrected chi connectivity index (χ4v) is 3.36. The van der Waals surface area contributed by atoms with Crippen LogP contribution in [0.25, 0.3) is 0 Å². The molecular formula is C23H24N2O5. The van der Waals surface area contributed by atoms with Crippen molar-refractivity contribution >= 4 is 23.7 Å². The Bertz CT molecular complexity index is 1030. The van der Waals surface area contributed by atoms with Crippen LogP contribution in [0.3, 0.4) is 0 Å². The number of carbonyl (C=O) groups excluding carboxylic acids is 4. The third kappa shape index (κ3) is 4.10. The van der Waals surface area contributed by atoms with E-state index in [1.165, 1.54) is 0 Å². The number of imide groups is 1. The predicted molar refractivity (Wildman–Crippen MR) is 110 cm³/mol. The maximum atomic E-state index is 12.9. The first-order valence-corrected chi connectivity index (χ1v) is 9.59. The lowest BCUT2D eigenvalue weighted by Gasteiger charge is -2.22. The summed E-state index contributed by atoms with van der Waals surface area (Å²) in [5, 5.41) is 2.64.